The molecule has 0 saturated carbocycles. The van der Waals surface area contributed by atoms with Crippen LogP contribution in [0, 0.1) is 0 Å². The Morgan fingerprint density at radius 1 is 1.17 bits per heavy atom. The first-order chi connectivity index (χ1) is 10.9. The molecule has 6 nitrogen and oxygen atoms in total. The van der Waals surface area contributed by atoms with Gasteiger partial charge < -0.3 is 5.32 Å². The molecule has 120 valence electrons. The molecule has 1 aromatic heterocycles. The topological polar surface area (TPSA) is 79.4 Å². The second kappa shape index (κ2) is 6.10. The number of anilines is 1. The van der Waals surface area contributed by atoms with Gasteiger partial charge in [-0.15, -0.1) is 0 Å². The van der Waals surface area contributed by atoms with Crippen molar-refractivity contribution in [3.8, 4) is 0 Å². The van der Waals surface area contributed by atoms with Crippen LogP contribution in [-0.2, 0) is 23.0 Å². The summed E-state index contributed by atoms with van der Waals surface area (Å²) in [6.45, 7) is 0.835. The molecule has 0 bridgehead atoms. The molecule has 2 heterocycles. The molecule has 1 amide bonds. The quantitative estimate of drug-likeness (QED) is 0.927. The summed E-state index contributed by atoms with van der Waals surface area (Å²) < 4.78 is 24.8. The van der Waals surface area contributed by atoms with Crippen LogP contribution in [0.4, 0.5) is 5.69 Å². The van der Waals surface area contributed by atoms with E-state index in [0.717, 1.165) is 11.1 Å². The van der Waals surface area contributed by atoms with Gasteiger partial charge in [0.25, 0.3) is 5.91 Å². The van der Waals surface area contributed by atoms with Gasteiger partial charge in [0.15, 0.2) is 0 Å². The zero-order valence-corrected chi connectivity index (χ0v) is 13.5. The molecule has 1 aromatic carbocycles. The van der Waals surface area contributed by atoms with Crippen LogP contribution >= 0.6 is 0 Å². The average Bonchev–Trinajstić information content (AvgIpc) is 2.54. The Morgan fingerprint density at radius 3 is 2.61 bits per heavy atom. The molecule has 1 N–H and O–H groups in total. The van der Waals surface area contributed by atoms with Crippen LogP contribution in [0.5, 0.6) is 0 Å². The maximum absolute atomic E-state index is 12.2. The molecule has 0 radical (unpaired) electrons. The van der Waals surface area contributed by atoms with Gasteiger partial charge >= 0.3 is 0 Å². The number of hydrogen-bond acceptors (Lipinski definition) is 4. The van der Waals surface area contributed by atoms with Crippen molar-refractivity contribution in [2.45, 2.75) is 13.0 Å². The van der Waals surface area contributed by atoms with Crippen molar-refractivity contribution < 1.29 is 13.2 Å². The number of sulfonamides is 1. The van der Waals surface area contributed by atoms with E-state index >= 15 is 0 Å². The summed E-state index contributed by atoms with van der Waals surface area (Å²) in [6.07, 6.45) is 5.02. The molecule has 2 aromatic rings. The molecular formula is C16H17N3O3S. The first-order valence-electron chi connectivity index (χ1n) is 7.22. The van der Waals surface area contributed by atoms with Gasteiger partial charge in [0, 0.05) is 36.7 Å². The summed E-state index contributed by atoms with van der Waals surface area (Å²) in [5.41, 5.74) is 3.22. The van der Waals surface area contributed by atoms with E-state index in [1.807, 2.05) is 18.2 Å². The van der Waals surface area contributed by atoms with E-state index in [9.17, 15) is 13.2 Å². The standard InChI is InChI=1S/C16H17N3O3S/c1-23(21,22)19-9-6-12-2-3-15(10-14(12)11-19)18-16(20)13-4-7-17-8-5-13/h2-5,7-8,10H,6,9,11H2,1H3,(H,18,20). The molecule has 0 unspecified atom stereocenters. The summed E-state index contributed by atoms with van der Waals surface area (Å²) >= 11 is 0. The molecule has 0 saturated heterocycles. The Labute approximate surface area is 135 Å². The van der Waals surface area contributed by atoms with E-state index in [4.69, 9.17) is 0 Å². The summed E-state index contributed by atoms with van der Waals surface area (Å²) in [5, 5.41) is 2.83. The summed E-state index contributed by atoms with van der Waals surface area (Å²) in [6, 6.07) is 8.90. The zero-order valence-electron chi connectivity index (χ0n) is 12.7. The molecule has 3 rings (SSSR count). The molecule has 23 heavy (non-hydrogen) atoms. The number of nitrogens with zero attached hydrogens (tertiary/aromatic N) is 2. The Bertz CT molecular complexity index is 835. The largest absolute Gasteiger partial charge is 0.322 e. The number of amides is 1. The number of rotatable bonds is 3. The smallest absolute Gasteiger partial charge is 0.255 e. The van der Waals surface area contributed by atoms with Gasteiger partial charge in [0.05, 0.1) is 6.26 Å². The summed E-state index contributed by atoms with van der Waals surface area (Å²) in [7, 11) is -3.21. The van der Waals surface area contributed by atoms with Crippen LogP contribution in [0.2, 0.25) is 0 Å². The minimum absolute atomic E-state index is 0.219. The number of hydrogen-bond donors (Lipinski definition) is 1. The van der Waals surface area contributed by atoms with Crippen LogP contribution in [0.25, 0.3) is 0 Å². The van der Waals surface area contributed by atoms with Gasteiger partial charge in [0.2, 0.25) is 10.0 Å². The predicted octanol–water partition coefficient (Wildman–Crippen LogP) is 1.65. The van der Waals surface area contributed by atoms with Crippen molar-refractivity contribution in [1.82, 2.24) is 9.29 Å². The van der Waals surface area contributed by atoms with E-state index in [-0.39, 0.29) is 5.91 Å². The SMILES string of the molecule is CS(=O)(=O)N1CCc2ccc(NC(=O)c3ccncc3)cc2C1. The van der Waals surface area contributed by atoms with Crippen molar-refractivity contribution in [2.75, 3.05) is 18.1 Å². The first-order valence-corrected chi connectivity index (χ1v) is 9.06. The molecule has 1 aliphatic heterocycles. The minimum atomic E-state index is -3.21. The van der Waals surface area contributed by atoms with Crippen molar-refractivity contribution in [2.24, 2.45) is 0 Å². The van der Waals surface area contributed by atoms with Crippen LogP contribution in [0.15, 0.2) is 42.7 Å². The van der Waals surface area contributed by atoms with Gasteiger partial charge in [-0.2, -0.15) is 4.31 Å². The monoisotopic (exact) mass is 331 g/mol. The molecule has 0 atom stereocenters. The Morgan fingerprint density at radius 2 is 1.91 bits per heavy atom. The van der Waals surface area contributed by atoms with E-state index in [1.165, 1.54) is 10.6 Å². The highest BCUT2D eigenvalue weighted by Crippen LogP contribution is 2.24. The van der Waals surface area contributed by atoms with E-state index < -0.39 is 10.0 Å². The number of carbonyl (C=O) groups is 1. The fourth-order valence-electron chi connectivity index (χ4n) is 2.60. The fraction of sp³-hybridized carbons (Fsp3) is 0.250. The Kier molecular flexibility index (Phi) is 4.14. The van der Waals surface area contributed by atoms with Gasteiger partial charge in [-0.25, -0.2) is 8.42 Å². The van der Waals surface area contributed by atoms with Crippen molar-refractivity contribution in [1.29, 1.82) is 0 Å². The van der Waals surface area contributed by atoms with Gasteiger partial charge in [-0.05, 0) is 41.8 Å². The van der Waals surface area contributed by atoms with Gasteiger partial charge in [-0.3, -0.25) is 9.78 Å². The van der Waals surface area contributed by atoms with Gasteiger partial charge in [-0.1, -0.05) is 6.07 Å². The maximum Gasteiger partial charge on any atom is 0.255 e. The van der Waals surface area contributed by atoms with Crippen LogP contribution in [-0.4, -0.2) is 36.4 Å². The second-order valence-electron chi connectivity index (χ2n) is 5.52. The van der Waals surface area contributed by atoms with Crippen molar-refractivity contribution >= 4 is 21.6 Å². The average molecular weight is 331 g/mol. The number of fused-ring (bicyclic) bond motifs is 1. The number of aromatic nitrogens is 1. The lowest BCUT2D eigenvalue weighted by Gasteiger charge is -2.27. The highest BCUT2D eigenvalue weighted by atomic mass is 32.2. The molecule has 1 aliphatic rings. The maximum atomic E-state index is 12.2. The van der Waals surface area contributed by atoms with Crippen LogP contribution in [0.1, 0.15) is 21.5 Å². The normalized spacial score (nSPS) is 15.0. The third kappa shape index (κ3) is 3.57. The third-order valence-corrected chi connectivity index (χ3v) is 5.10. The summed E-state index contributed by atoms with van der Waals surface area (Å²) in [5.74, 6) is -0.219. The molecular weight excluding hydrogens is 314 g/mol. The lowest BCUT2D eigenvalue weighted by atomic mass is 10.0. The van der Waals surface area contributed by atoms with E-state index in [2.05, 4.69) is 10.3 Å². The molecule has 0 fully saturated rings. The predicted molar refractivity (Wildman–Crippen MR) is 87.6 cm³/mol. The van der Waals surface area contributed by atoms with Crippen molar-refractivity contribution in [3.05, 3.63) is 59.4 Å². The number of nitrogens with one attached hydrogen (secondary N) is 1. The van der Waals surface area contributed by atoms with Crippen LogP contribution in [0.3, 0.4) is 0 Å². The Hall–Kier alpha value is -2.25. The highest BCUT2D eigenvalue weighted by Gasteiger charge is 2.23. The fourth-order valence-corrected chi connectivity index (χ4v) is 3.40. The molecule has 0 aliphatic carbocycles. The van der Waals surface area contributed by atoms with Crippen molar-refractivity contribution in [3.63, 3.8) is 0 Å². The number of pyridine rings is 1. The second-order valence-corrected chi connectivity index (χ2v) is 7.50. The summed E-state index contributed by atoms with van der Waals surface area (Å²) in [4.78, 5) is 16.0. The minimum Gasteiger partial charge on any atom is -0.322 e. The van der Waals surface area contributed by atoms with Gasteiger partial charge in [0.1, 0.15) is 0 Å². The lowest BCUT2D eigenvalue weighted by Crippen LogP contribution is -2.35. The zero-order chi connectivity index (χ0) is 16.4. The molecule has 0 spiro atoms. The first kappa shape index (κ1) is 15.6. The number of carbonyl (C=O) groups excluding carboxylic acids is 1. The number of benzene rings is 1. The Balaban J connectivity index is 1.80. The molecule has 7 heteroatoms. The third-order valence-electron chi connectivity index (χ3n) is 3.85. The van der Waals surface area contributed by atoms with E-state index in [0.29, 0.717) is 30.8 Å². The highest BCUT2D eigenvalue weighted by molar-refractivity contribution is 7.88. The van der Waals surface area contributed by atoms with E-state index in [1.54, 1.807) is 24.5 Å². The lowest BCUT2D eigenvalue weighted by molar-refractivity contribution is 0.102. The van der Waals surface area contributed by atoms with Crippen LogP contribution < -0.4 is 5.32 Å².